The molecule has 0 atom stereocenters. The fourth-order valence-corrected chi connectivity index (χ4v) is 1.71. The summed E-state index contributed by atoms with van der Waals surface area (Å²) in [5, 5.41) is 13.7. The Balaban J connectivity index is 2.33. The van der Waals surface area contributed by atoms with Crippen molar-refractivity contribution in [2.24, 2.45) is 0 Å². The molecule has 0 saturated heterocycles. The van der Waals surface area contributed by atoms with Gasteiger partial charge < -0.3 is 10.1 Å². The third kappa shape index (κ3) is 3.89. The molecule has 0 spiro atoms. The largest absolute Gasteiger partial charge is 0.422 e. The van der Waals surface area contributed by atoms with Crippen LogP contribution in [0.5, 0.6) is 11.8 Å². The number of non-ortho nitro benzene ring substituents is 1. The van der Waals surface area contributed by atoms with Crippen molar-refractivity contribution < 1.29 is 9.66 Å². The number of nitro benzene ring substituents is 1. The van der Waals surface area contributed by atoms with Gasteiger partial charge in [-0.3, -0.25) is 10.1 Å². The van der Waals surface area contributed by atoms with E-state index < -0.39 is 4.92 Å². The van der Waals surface area contributed by atoms with Crippen LogP contribution in [0.3, 0.4) is 0 Å². The minimum atomic E-state index is -0.562. The summed E-state index contributed by atoms with van der Waals surface area (Å²) in [5.74, 6) is 0.282. The lowest BCUT2D eigenvalue weighted by Crippen LogP contribution is -2.05. The van der Waals surface area contributed by atoms with Gasteiger partial charge in [-0.25, -0.2) is 0 Å². The van der Waals surface area contributed by atoms with Crippen molar-refractivity contribution in [3.05, 3.63) is 38.6 Å². The fraction of sp³-hybridized carbons (Fsp3) is 0.182. The minimum Gasteiger partial charge on any atom is -0.422 e. The second-order valence-electron chi connectivity index (χ2n) is 3.71. The molecule has 1 aromatic heterocycles. The summed E-state index contributed by atoms with van der Waals surface area (Å²) < 4.78 is 5.34. The van der Waals surface area contributed by atoms with Crippen molar-refractivity contribution in [2.75, 3.05) is 11.9 Å². The molecule has 0 bridgehead atoms. The number of benzene rings is 1. The fourth-order valence-electron chi connectivity index (χ4n) is 1.40. The second-order valence-corrected chi connectivity index (χ2v) is 4.46. The first-order valence-corrected chi connectivity index (χ1v) is 6.52. The van der Waals surface area contributed by atoms with Gasteiger partial charge in [0.15, 0.2) is 5.75 Å². The summed E-state index contributed by atoms with van der Waals surface area (Å²) in [6.45, 7) is 2.44. The lowest BCUT2D eigenvalue weighted by atomic mass is 10.3. The Hall–Kier alpha value is -2.19. The number of ether oxygens (including phenoxy) is 1. The van der Waals surface area contributed by atoms with E-state index in [2.05, 4.69) is 20.3 Å². The molecule has 0 aliphatic carbocycles. The molecule has 0 unspecified atom stereocenters. The van der Waals surface area contributed by atoms with Crippen LogP contribution in [0, 0.1) is 10.1 Å². The first-order chi connectivity index (χ1) is 9.99. The highest BCUT2D eigenvalue weighted by Crippen LogP contribution is 2.31. The van der Waals surface area contributed by atoms with E-state index in [0.29, 0.717) is 6.54 Å². The maximum absolute atomic E-state index is 10.7. The van der Waals surface area contributed by atoms with Crippen LogP contribution < -0.4 is 10.1 Å². The molecule has 0 aliphatic heterocycles. The number of aromatic nitrogens is 3. The molecule has 8 nitrogen and oxygen atoms in total. The van der Waals surface area contributed by atoms with Crippen LogP contribution in [0.4, 0.5) is 11.6 Å². The van der Waals surface area contributed by atoms with Gasteiger partial charge in [0, 0.05) is 12.6 Å². The van der Waals surface area contributed by atoms with Crippen molar-refractivity contribution in [1.82, 2.24) is 15.0 Å². The lowest BCUT2D eigenvalue weighted by Gasteiger charge is -2.07. The van der Waals surface area contributed by atoms with Crippen molar-refractivity contribution in [1.29, 1.82) is 0 Å². The van der Waals surface area contributed by atoms with Crippen molar-refractivity contribution in [2.45, 2.75) is 6.92 Å². The zero-order chi connectivity index (χ0) is 15.4. The molecule has 2 rings (SSSR count). The number of hydrogen-bond donors (Lipinski definition) is 1. The average Bonchev–Trinajstić information content (AvgIpc) is 2.40. The molecular weight excluding hydrogens is 321 g/mol. The van der Waals surface area contributed by atoms with Crippen LogP contribution in [0.25, 0.3) is 0 Å². The highest BCUT2D eigenvalue weighted by molar-refractivity contribution is 6.32. The van der Waals surface area contributed by atoms with E-state index in [1.54, 1.807) is 0 Å². The van der Waals surface area contributed by atoms with Crippen LogP contribution in [-0.2, 0) is 0 Å². The molecule has 1 aromatic carbocycles. The Kier molecular flexibility index (Phi) is 4.71. The van der Waals surface area contributed by atoms with E-state index in [-0.39, 0.29) is 33.7 Å². The van der Waals surface area contributed by atoms with Crippen LogP contribution in [0.1, 0.15) is 6.92 Å². The van der Waals surface area contributed by atoms with Gasteiger partial charge in [-0.15, -0.1) is 0 Å². The molecule has 21 heavy (non-hydrogen) atoms. The normalized spacial score (nSPS) is 10.2. The number of nitrogens with one attached hydrogen (secondary N) is 1. The number of rotatable bonds is 5. The third-order valence-corrected chi connectivity index (χ3v) is 2.73. The first-order valence-electron chi connectivity index (χ1n) is 5.77. The summed E-state index contributed by atoms with van der Waals surface area (Å²) >= 11 is 11.7. The molecule has 0 saturated carbocycles. The van der Waals surface area contributed by atoms with E-state index in [4.69, 9.17) is 27.9 Å². The Labute approximate surface area is 129 Å². The quantitative estimate of drug-likeness (QED) is 0.662. The zero-order valence-electron chi connectivity index (χ0n) is 10.7. The Bertz CT molecular complexity index is 683. The Morgan fingerprint density at radius 1 is 1.33 bits per heavy atom. The molecule has 0 fully saturated rings. The van der Waals surface area contributed by atoms with E-state index in [0.717, 1.165) is 0 Å². The van der Waals surface area contributed by atoms with Gasteiger partial charge in [-0.1, -0.05) is 11.6 Å². The summed E-state index contributed by atoms with van der Waals surface area (Å²) in [7, 11) is 0. The van der Waals surface area contributed by atoms with E-state index in [1.807, 2.05) is 6.92 Å². The second kappa shape index (κ2) is 6.51. The summed E-state index contributed by atoms with van der Waals surface area (Å²) in [6, 6.07) is 3.67. The maximum atomic E-state index is 10.7. The van der Waals surface area contributed by atoms with Gasteiger partial charge >= 0.3 is 6.01 Å². The predicted octanol–water partition coefficient (Wildman–Crippen LogP) is 3.31. The summed E-state index contributed by atoms with van der Waals surface area (Å²) in [6.07, 6.45) is 0. The molecule has 0 aliphatic rings. The van der Waals surface area contributed by atoms with Crippen LogP contribution in [-0.4, -0.2) is 26.4 Å². The number of hydrogen-bond acceptors (Lipinski definition) is 7. The third-order valence-electron chi connectivity index (χ3n) is 2.25. The van der Waals surface area contributed by atoms with Crippen LogP contribution >= 0.6 is 23.2 Å². The number of anilines is 1. The SMILES string of the molecule is CCNc1nc(Cl)nc(Oc2cc([N+](=O)[O-])ccc2Cl)n1. The van der Waals surface area contributed by atoms with Gasteiger partial charge in [0.05, 0.1) is 16.0 Å². The zero-order valence-corrected chi connectivity index (χ0v) is 12.2. The highest BCUT2D eigenvalue weighted by Gasteiger charge is 2.14. The number of nitro groups is 1. The van der Waals surface area contributed by atoms with Gasteiger partial charge in [0.2, 0.25) is 11.2 Å². The topological polar surface area (TPSA) is 103 Å². The minimum absolute atomic E-state index is 0.0515. The summed E-state index contributed by atoms with van der Waals surface area (Å²) in [5.41, 5.74) is -0.165. The van der Waals surface area contributed by atoms with Crippen LogP contribution in [0.15, 0.2) is 18.2 Å². The molecule has 1 heterocycles. The van der Waals surface area contributed by atoms with Crippen molar-refractivity contribution >= 4 is 34.8 Å². The van der Waals surface area contributed by atoms with Gasteiger partial charge in [0.25, 0.3) is 5.69 Å². The van der Waals surface area contributed by atoms with E-state index >= 15 is 0 Å². The number of halogens is 2. The molecule has 110 valence electrons. The standard InChI is InChI=1S/C11H9Cl2N5O3/c1-2-14-10-15-9(13)16-11(17-10)21-8-5-6(18(19)20)3-4-7(8)12/h3-5H,2H2,1H3,(H,14,15,16,17). The smallest absolute Gasteiger partial charge is 0.328 e. The average molecular weight is 330 g/mol. The van der Waals surface area contributed by atoms with Crippen LogP contribution in [0.2, 0.25) is 10.3 Å². The van der Waals surface area contributed by atoms with Gasteiger partial charge in [0.1, 0.15) is 0 Å². The molecule has 2 aromatic rings. The molecule has 10 heteroatoms. The van der Waals surface area contributed by atoms with Crippen molar-refractivity contribution in [3.8, 4) is 11.8 Å². The molecule has 0 radical (unpaired) electrons. The molecule has 0 amide bonds. The highest BCUT2D eigenvalue weighted by atomic mass is 35.5. The van der Waals surface area contributed by atoms with E-state index in [9.17, 15) is 10.1 Å². The molecule has 1 N–H and O–H groups in total. The van der Waals surface area contributed by atoms with E-state index in [1.165, 1.54) is 18.2 Å². The molecular formula is C11H9Cl2N5O3. The van der Waals surface area contributed by atoms with Crippen molar-refractivity contribution in [3.63, 3.8) is 0 Å². The Morgan fingerprint density at radius 3 is 2.76 bits per heavy atom. The Morgan fingerprint density at radius 2 is 2.10 bits per heavy atom. The predicted molar refractivity (Wildman–Crippen MR) is 77.2 cm³/mol. The summed E-state index contributed by atoms with van der Waals surface area (Å²) in [4.78, 5) is 21.8. The van der Waals surface area contributed by atoms with Gasteiger partial charge in [-0.05, 0) is 24.6 Å². The van der Waals surface area contributed by atoms with Gasteiger partial charge in [-0.2, -0.15) is 15.0 Å². The first kappa shape index (κ1) is 15.2. The number of nitrogens with zero attached hydrogens (tertiary/aromatic N) is 4. The maximum Gasteiger partial charge on any atom is 0.328 e. The monoisotopic (exact) mass is 329 g/mol. The lowest BCUT2D eigenvalue weighted by molar-refractivity contribution is -0.384.